The van der Waals surface area contributed by atoms with Gasteiger partial charge in [0.25, 0.3) is 5.91 Å². The van der Waals surface area contributed by atoms with Crippen molar-refractivity contribution in [2.24, 2.45) is 0 Å². The number of para-hydroxylation sites is 1. The minimum atomic E-state index is -0.278. The third-order valence-corrected chi connectivity index (χ3v) is 4.04. The molecule has 1 fully saturated rings. The molecule has 3 N–H and O–H groups in total. The molecule has 2 unspecified atom stereocenters. The van der Waals surface area contributed by atoms with E-state index >= 15 is 0 Å². The van der Waals surface area contributed by atoms with Crippen LogP contribution in [0.4, 0.5) is 0 Å². The summed E-state index contributed by atoms with van der Waals surface area (Å²) in [6, 6.07) is 12.7. The molecule has 2 aromatic rings. The molecule has 25 heavy (non-hydrogen) atoms. The van der Waals surface area contributed by atoms with Crippen molar-refractivity contribution in [2.75, 3.05) is 0 Å². The number of nitriles is 1. The van der Waals surface area contributed by atoms with Gasteiger partial charge < -0.3 is 14.5 Å². The number of ether oxygens (including phenoxy) is 1. The van der Waals surface area contributed by atoms with E-state index in [9.17, 15) is 4.79 Å². The average molecular weight is 340 g/mol. The summed E-state index contributed by atoms with van der Waals surface area (Å²) in [4.78, 5) is 12.2. The second kappa shape index (κ2) is 7.83. The van der Waals surface area contributed by atoms with E-state index in [1.54, 1.807) is 36.4 Å². The highest BCUT2D eigenvalue weighted by molar-refractivity contribution is 5.91. The maximum absolute atomic E-state index is 12.2. The van der Waals surface area contributed by atoms with Crippen LogP contribution >= 0.6 is 0 Å². The molecule has 1 aromatic heterocycles. The van der Waals surface area contributed by atoms with Gasteiger partial charge in [0.05, 0.1) is 11.7 Å². The highest BCUT2D eigenvalue weighted by atomic mass is 16.5. The van der Waals surface area contributed by atoms with Gasteiger partial charge >= 0.3 is 0 Å². The van der Waals surface area contributed by atoms with Crippen molar-refractivity contribution >= 4 is 5.91 Å². The molecule has 1 amide bonds. The average Bonchev–Trinajstić information content (AvgIpc) is 3.29. The molecule has 1 saturated heterocycles. The first kappa shape index (κ1) is 17.0. The monoisotopic (exact) mass is 340 g/mol. The third kappa shape index (κ3) is 4.18. The van der Waals surface area contributed by atoms with Gasteiger partial charge in [0, 0.05) is 6.04 Å². The Kier molecular flexibility index (Phi) is 5.33. The fraction of sp³-hybridized carbons (Fsp3) is 0.333. The van der Waals surface area contributed by atoms with E-state index < -0.39 is 0 Å². The Labute approximate surface area is 145 Å². The molecule has 0 bridgehead atoms. The molecule has 0 aliphatic carbocycles. The maximum atomic E-state index is 12.2. The zero-order chi connectivity index (χ0) is 17.6. The van der Waals surface area contributed by atoms with Crippen molar-refractivity contribution < 1.29 is 13.9 Å². The van der Waals surface area contributed by atoms with Gasteiger partial charge in [-0.25, -0.2) is 5.43 Å². The molecule has 0 saturated carbocycles. The molecule has 0 radical (unpaired) electrons. The van der Waals surface area contributed by atoms with Gasteiger partial charge in [-0.1, -0.05) is 19.1 Å². The second-order valence-electron chi connectivity index (χ2n) is 5.82. The number of furan rings is 1. The Morgan fingerprint density at radius 3 is 2.96 bits per heavy atom. The minimum absolute atomic E-state index is 0.121. The first-order valence-corrected chi connectivity index (χ1v) is 8.22. The van der Waals surface area contributed by atoms with Crippen LogP contribution in [-0.4, -0.2) is 18.1 Å². The number of rotatable bonds is 6. The molecule has 1 aliphatic rings. The van der Waals surface area contributed by atoms with Gasteiger partial charge in [-0.05, 0) is 37.1 Å². The Balaban J connectivity index is 1.55. The van der Waals surface area contributed by atoms with E-state index in [0.717, 1.165) is 12.8 Å². The summed E-state index contributed by atoms with van der Waals surface area (Å²) in [6.45, 7) is 2.24. The topological polar surface area (TPSA) is 99.3 Å². The Morgan fingerprint density at radius 1 is 1.36 bits per heavy atom. The van der Waals surface area contributed by atoms with Crippen LogP contribution in [0, 0.1) is 11.3 Å². The van der Waals surface area contributed by atoms with Crippen LogP contribution < -0.4 is 20.9 Å². The lowest BCUT2D eigenvalue weighted by Crippen LogP contribution is -2.44. The zero-order valence-corrected chi connectivity index (χ0v) is 13.9. The molecule has 7 heteroatoms. The number of nitrogens with zero attached hydrogens (tertiary/aromatic N) is 1. The highest BCUT2D eigenvalue weighted by Gasteiger charge is 2.24. The van der Waals surface area contributed by atoms with Crippen molar-refractivity contribution in [3.63, 3.8) is 0 Å². The van der Waals surface area contributed by atoms with E-state index in [1.165, 1.54) is 0 Å². The largest absolute Gasteiger partial charge is 0.484 e. The van der Waals surface area contributed by atoms with Crippen LogP contribution in [0.5, 0.6) is 5.75 Å². The number of carbonyl (C=O) groups excluding carboxylic acids is 1. The minimum Gasteiger partial charge on any atom is -0.484 e. The predicted octanol–water partition coefficient (Wildman–Crippen LogP) is 2.06. The van der Waals surface area contributed by atoms with Gasteiger partial charge in [-0.3, -0.25) is 10.2 Å². The second-order valence-corrected chi connectivity index (χ2v) is 5.82. The van der Waals surface area contributed by atoms with E-state index in [1.807, 2.05) is 0 Å². The number of hydrogen-bond donors (Lipinski definition) is 3. The van der Waals surface area contributed by atoms with Gasteiger partial charge in [-0.2, -0.15) is 5.26 Å². The van der Waals surface area contributed by atoms with Gasteiger partial charge in [0.15, 0.2) is 5.76 Å². The van der Waals surface area contributed by atoms with Crippen LogP contribution in [0.25, 0.3) is 0 Å². The van der Waals surface area contributed by atoms with Gasteiger partial charge in [0.2, 0.25) is 0 Å². The van der Waals surface area contributed by atoms with E-state index in [4.69, 9.17) is 14.4 Å². The third-order valence-electron chi connectivity index (χ3n) is 4.04. The quantitative estimate of drug-likeness (QED) is 0.744. The van der Waals surface area contributed by atoms with Crippen molar-refractivity contribution in [2.45, 2.75) is 38.6 Å². The summed E-state index contributed by atoms with van der Waals surface area (Å²) in [5.41, 5.74) is 6.63. The van der Waals surface area contributed by atoms with Crippen LogP contribution in [0.3, 0.4) is 0 Å². The Morgan fingerprint density at radius 2 is 2.20 bits per heavy atom. The molecule has 1 aromatic carbocycles. The summed E-state index contributed by atoms with van der Waals surface area (Å²) in [7, 11) is 0. The zero-order valence-electron chi connectivity index (χ0n) is 13.9. The van der Waals surface area contributed by atoms with Crippen LogP contribution in [0.2, 0.25) is 0 Å². The summed E-state index contributed by atoms with van der Waals surface area (Å²) in [5, 5.41) is 11.9. The lowest BCUT2D eigenvalue weighted by Gasteiger charge is -2.10. The van der Waals surface area contributed by atoms with Crippen molar-refractivity contribution in [3.8, 4) is 11.8 Å². The molecule has 1 aliphatic heterocycles. The lowest BCUT2D eigenvalue weighted by atomic mass is 10.1. The standard InChI is InChI=1S/C18H20N4O3/c1-2-13-9-17(22-21-13)20-18(23)16-8-7-14(25-16)11-24-15-6-4-3-5-12(15)10-19/h3-8,13,17,21-22H,2,9,11H2,1H3,(H,20,23). The Bertz CT molecular complexity index is 781. The number of benzene rings is 1. The highest BCUT2D eigenvalue weighted by Crippen LogP contribution is 2.19. The molecule has 0 spiro atoms. The summed E-state index contributed by atoms with van der Waals surface area (Å²) in [6.07, 6.45) is 1.69. The molecule has 130 valence electrons. The number of amides is 1. The summed E-state index contributed by atoms with van der Waals surface area (Å²) in [5.74, 6) is 0.953. The van der Waals surface area contributed by atoms with Crippen LogP contribution in [0.1, 0.15) is 41.6 Å². The number of hydrazine groups is 1. The van der Waals surface area contributed by atoms with Gasteiger partial charge in [0.1, 0.15) is 24.2 Å². The smallest absolute Gasteiger partial charge is 0.288 e. The van der Waals surface area contributed by atoms with E-state index in [2.05, 4.69) is 29.2 Å². The normalized spacial score (nSPS) is 19.4. The molecule has 3 rings (SSSR count). The fourth-order valence-corrected chi connectivity index (χ4v) is 2.63. The summed E-state index contributed by atoms with van der Waals surface area (Å²) >= 11 is 0. The first-order chi connectivity index (χ1) is 12.2. The Hall–Kier alpha value is -2.82. The fourth-order valence-electron chi connectivity index (χ4n) is 2.63. The van der Waals surface area contributed by atoms with Crippen molar-refractivity contribution in [3.05, 3.63) is 53.5 Å². The summed E-state index contributed by atoms with van der Waals surface area (Å²) < 4.78 is 11.1. The molecule has 2 atom stereocenters. The SMILES string of the molecule is CCC1CC(NC(=O)c2ccc(COc3ccccc3C#N)o2)NN1. The maximum Gasteiger partial charge on any atom is 0.288 e. The van der Waals surface area contributed by atoms with E-state index in [0.29, 0.717) is 23.1 Å². The van der Waals surface area contributed by atoms with Crippen molar-refractivity contribution in [1.29, 1.82) is 5.26 Å². The molecule has 7 nitrogen and oxygen atoms in total. The molecule has 2 heterocycles. The van der Waals surface area contributed by atoms with Crippen LogP contribution in [0.15, 0.2) is 40.8 Å². The molecular weight excluding hydrogens is 320 g/mol. The first-order valence-electron chi connectivity index (χ1n) is 8.22. The molecular formula is C18H20N4O3. The number of carbonyl (C=O) groups is 1. The lowest BCUT2D eigenvalue weighted by molar-refractivity contribution is 0.0900. The number of hydrogen-bond acceptors (Lipinski definition) is 6. The predicted molar refractivity (Wildman–Crippen MR) is 90.4 cm³/mol. The number of nitrogens with one attached hydrogen (secondary N) is 3. The van der Waals surface area contributed by atoms with E-state index in [-0.39, 0.29) is 24.4 Å². The van der Waals surface area contributed by atoms with Crippen molar-refractivity contribution in [1.82, 2.24) is 16.2 Å². The van der Waals surface area contributed by atoms with Crippen LogP contribution in [-0.2, 0) is 6.61 Å². The van der Waals surface area contributed by atoms with Gasteiger partial charge in [-0.15, -0.1) is 0 Å².